The quantitative estimate of drug-likeness (QED) is 0.881. The summed E-state index contributed by atoms with van der Waals surface area (Å²) in [5, 5.41) is 4.34. The summed E-state index contributed by atoms with van der Waals surface area (Å²) in [6, 6.07) is 8.63. The highest BCUT2D eigenvalue weighted by Crippen LogP contribution is 2.28. The van der Waals surface area contributed by atoms with Crippen LogP contribution >= 0.6 is 11.3 Å². The molecule has 0 bridgehead atoms. The molecule has 0 saturated carbocycles. The molecule has 3 rings (SSSR count). The second kappa shape index (κ2) is 7.00. The van der Waals surface area contributed by atoms with E-state index in [1.807, 2.05) is 0 Å². The highest BCUT2D eigenvalue weighted by atomic mass is 32.2. The molecule has 0 spiro atoms. The van der Waals surface area contributed by atoms with Gasteiger partial charge in [0, 0.05) is 18.7 Å². The Kier molecular flexibility index (Phi) is 4.98. The lowest BCUT2D eigenvalue weighted by atomic mass is 10.2. The number of sulfonamides is 1. The van der Waals surface area contributed by atoms with Gasteiger partial charge in [0.1, 0.15) is 16.1 Å². The molecule has 1 fully saturated rings. The molecule has 2 aromatic rings. The van der Waals surface area contributed by atoms with Crippen molar-refractivity contribution in [1.29, 1.82) is 0 Å². The van der Waals surface area contributed by atoms with E-state index in [4.69, 9.17) is 0 Å². The summed E-state index contributed by atoms with van der Waals surface area (Å²) in [5.41, 5.74) is 0.372. The molecule has 1 aromatic carbocycles. The molecule has 1 aliphatic rings. The molecule has 0 unspecified atom stereocenters. The van der Waals surface area contributed by atoms with E-state index in [1.54, 1.807) is 29.6 Å². The number of amides is 1. The second-order valence-electron chi connectivity index (χ2n) is 5.52. The van der Waals surface area contributed by atoms with Crippen LogP contribution in [0.5, 0.6) is 0 Å². The molecule has 128 valence electrons. The van der Waals surface area contributed by atoms with Crippen molar-refractivity contribution in [3.05, 3.63) is 53.2 Å². The SMILES string of the molecule is O=C(NCc1ccccc1F)[C@@H]1CCCN1S(=O)(=O)c1cccs1. The van der Waals surface area contributed by atoms with Crippen molar-refractivity contribution in [2.45, 2.75) is 29.6 Å². The van der Waals surface area contributed by atoms with Gasteiger partial charge < -0.3 is 5.32 Å². The van der Waals surface area contributed by atoms with Crippen molar-refractivity contribution >= 4 is 27.3 Å². The van der Waals surface area contributed by atoms with Crippen LogP contribution in [0, 0.1) is 5.82 Å². The fraction of sp³-hybridized carbons (Fsp3) is 0.312. The molecular formula is C16H17FN2O3S2. The number of nitrogens with one attached hydrogen (secondary N) is 1. The van der Waals surface area contributed by atoms with E-state index in [0.29, 0.717) is 24.9 Å². The first-order chi connectivity index (χ1) is 11.5. The topological polar surface area (TPSA) is 66.5 Å². The predicted molar refractivity (Wildman–Crippen MR) is 89.5 cm³/mol. The highest BCUT2D eigenvalue weighted by Gasteiger charge is 2.39. The molecule has 1 aromatic heterocycles. The van der Waals surface area contributed by atoms with Crippen LogP contribution < -0.4 is 5.32 Å². The van der Waals surface area contributed by atoms with Gasteiger partial charge in [-0.05, 0) is 30.4 Å². The number of hydrogen-bond acceptors (Lipinski definition) is 4. The average Bonchev–Trinajstić information content (AvgIpc) is 3.25. The molecule has 0 aliphatic carbocycles. The Balaban J connectivity index is 1.71. The van der Waals surface area contributed by atoms with Gasteiger partial charge >= 0.3 is 0 Å². The Bertz CT molecular complexity index is 822. The summed E-state index contributed by atoms with van der Waals surface area (Å²) in [7, 11) is -3.66. The molecule has 1 saturated heterocycles. The maximum atomic E-state index is 13.6. The number of benzene rings is 1. The molecule has 1 aliphatic heterocycles. The van der Waals surface area contributed by atoms with Gasteiger partial charge in [-0.2, -0.15) is 4.31 Å². The van der Waals surface area contributed by atoms with Crippen LogP contribution in [-0.4, -0.2) is 31.2 Å². The van der Waals surface area contributed by atoms with E-state index in [9.17, 15) is 17.6 Å². The maximum Gasteiger partial charge on any atom is 0.253 e. The van der Waals surface area contributed by atoms with Gasteiger partial charge in [0.05, 0.1) is 0 Å². The largest absolute Gasteiger partial charge is 0.351 e. The normalized spacial score (nSPS) is 18.6. The zero-order valence-electron chi connectivity index (χ0n) is 12.8. The van der Waals surface area contributed by atoms with Crippen LogP contribution in [0.25, 0.3) is 0 Å². The zero-order valence-corrected chi connectivity index (χ0v) is 14.4. The number of halogens is 1. The molecule has 1 atom stereocenters. The molecular weight excluding hydrogens is 351 g/mol. The van der Waals surface area contributed by atoms with Crippen molar-refractivity contribution in [3.8, 4) is 0 Å². The smallest absolute Gasteiger partial charge is 0.253 e. The number of hydrogen-bond donors (Lipinski definition) is 1. The molecule has 8 heteroatoms. The van der Waals surface area contributed by atoms with Crippen molar-refractivity contribution in [1.82, 2.24) is 9.62 Å². The molecule has 2 heterocycles. The van der Waals surface area contributed by atoms with E-state index in [1.165, 1.54) is 16.4 Å². The van der Waals surface area contributed by atoms with Gasteiger partial charge in [-0.1, -0.05) is 24.3 Å². The third kappa shape index (κ3) is 3.35. The van der Waals surface area contributed by atoms with Crippen molar-refractivity contribution in [2.24, 2.45) is 0 Å². The molecule has 0 radical (unpaired) electrons. The highest BCUT2D eigenvalue weighted by molar-refractivity contribution is 7.91. The summed E-state index contributed by atoms with van der Waals surface area (Å²) in [6.45, 7) is 0.354. The van der Waals surface area contributed by atoms with Crippen LogP contribution in [0.1, 0.15) is 18.4 Å². The van der Waals surface area contributed by atoms with E-state index >= 15 is 0 Å². The average molecular weight is 368 g/mol. The monoisotopic (exact) mass is 368 g/mol. The van der Waals surface area contributed by atoms with Crippen molar-refractivity contribution < 1.29 is 17.6 Å². The lowest BCUT2D eigenvalue weighted by Crippen LogP contribution is -2.45. The molecule has 5 nitrogen and oxygen atoms in total. The van der Waals surface area contributed by atoms with Gasteiger partial charge in [0.2, 0.25) is 5.91 Å². The van der Waals surface area contributed by atoms with Crippen LogP contribution in [0.3, 0.4) is 0 Å². The summed E-state index contributed by atoms with van der Waals surface area (Å²) in [6.07, 6.45) is 1.09. The molecule has 1 N–H and O–H groups in total. The maximum absolute atomic E-state index is 13.6. The number of carbonyl (C=O) groups excluding carboxylic acids is 1. The predicted octanol–water partition coefficient (Wildman–Crippen LogP) is 2.36. The number of rotatable bonds is 5. The summed E-state index contributed by atoms with van der Waals surface area (Å²) < 4.78 is 40.4. The Morgan fingerprint density at radius 2 is 2.08 bits per heavy atom. The second-order valence-corrected chi connectivity index (χ2v) is 8.58. The molecule has 24 heavy (non-hydrogen) atoms. The molecule has 1 amide bonds. The first-order valence-electron chi connectivity index (χ1n) is 7.56. The van der Waals surface area contributed by atoms with Crippen LogP contribution in [-0.2, 0) is 21.4 Å². The van der Waals surface area contributed by atoms with Gasteiger partial charge in [0.25, 0.3) is 10.0 Å². The fourth-order valence-electron chi connectivity index (χ4n) is 2.76. The fourth-order valence-corrected chi connectivity index (χ4v) is 5.53. The third-order valence-corrected chi connectivity index (χ3v) is 7.26. The Morgan fingerprint density at radius 3 is 2.79 bits per heavy atom. The minimum atomic E-state index is -3.66. The van der Waals surface area contributed by atoms with Crippen molar-refractivity contribution in [3.63, 3.8) is 0 Å². The number of thiophene rings is 1. The van der Waals surface area contributed by atoms with Crippen LogP contribution in [0.2, 0.25) is 0 Å². The standard InChI is InChI=1S/C16H17FN2O3S2/c17-13-6-2-1-5-12(13)11-18-16(20)14-7-3-9-19(14)24(21,22)15-8-4-10-23-15/h1-2,4-6,8,10,14H,3,7,9,11H2,(H,18,20)/t14-/m0/s1. The number of nitrogens with zero attached hydrogens (tertiary/aromatic N) is 1. The zero-order chi connectivity index (χ0) is 17.2. The van der Waals surface area contributed by atoms with Gasteiger partial charge in [-0.25, -0.2) is 12.8 Å². The lowest BCUT2D eigenvalue weighted by Gasteiger charge is -2.22. The van der Waals surface area contributed by atoms with E-state index in [2.05, 4.69) is 5.32 Å². The minimum Gasteiger partial charge on any atom is -0.351 e. The van der Waals surface area contributed by atoms with E-state index in [-0.39, 0.29) is 10.8 Å². The van der Waals surface area contributed by atoms with E-state index < -0.39 is 27.8 Å². The summed E-state index contributed by atoms with van der Waals surface area (Å²) in [4.78, 5) is 12.4. The van der Waals surface area contributed by atoms with E-state index in [0.717, 1.165) is 11.3 Å². The summed E-state index contributed by atoms with van der Waals surface area (Å²) in [5.74, 6) is -0.789. The Hall–Kier alpha value is -1.77. The Labute approximate surface area is 144 Å². The van der Waals surface area contributed by atoms with Crippen molar-refractivity contribution in [2.75, 3.05) is 6.54 Å². The van der Waals surface area contributed by atoms with Crippen LogP contribution in [0.4, 0.5) is 4.39 Å². The first-order valence-corrected chi connectivity index (χ1v) is 9.88. The van der Waals surface area contributed by atoms with Crippen LogP contribution in [0.15, 0.2) is 46.0 Å². The van der Waals surface area contributed by atoms with Gasteiger partial charge in [-0.3, -0.25) is 4.79 Å². The lowest BCUT2D eigenvalue weighted by molar-refractivity contribution is -0.124. The van der Waals surface area contributed by atoms with Gasteiger partial charge in [-0.15, -0.1) is 11.3 Å². The first kappa shape index (κ1) is 17.1. The third-order valence-electron chi connectivity index (χ3n) is 3.98. The minimum absolute atomic E-state index is 0.0366. The number of carbonyl (C=O) groups is 1. The summed E-state index contributed by atoms with van der Waals surface area (Å²) >= 11 is 1.13. The van der Waals surface area contributed by atoms with Gasteiger partial charge in [0.15, 0.2) is 0 Å². The Morgan fingerprint density at radius 1 is 1.29 bits per heavy atom.